The lowest BCUT2D eigenvalue weighted by Gasteiger charge is -2.18. The third-order valence-electron chi connectivity index (χ3n) is 3.99. The maximum atomic E-state index is 12.2. The number of likely N-dealkylation sites (N-methyl/N-ethyl adjacent to an activating group) is 1. The van der Waals surface area contributed by atoms with E-state index in [1.165, 1.54) is 16.7 Å². The van der Waals surface area contributed by atoms with Crippen molar-refractivity contribution >= 4 is 11.6 Å². The Kier molecular flexibility index (Phi) is 5.34. The highest BCUT2D eigenvalue weighted by molar-refractivity contribution is 5.93. The molecule has 0 aromatic heterocycles. The molecule has 1 amide bonds. The fraction of sp³-hybridized carbons (Fsp3) is 0.316. The molecule has 2 aromatic rings. The van der Waals surface area contributed by atoms with E-state index in [2.05, 4.69) is 37.4 Å². The minimum atomic E-state index is 0.0183. The van der Waals surface area contributed by atoms with Crippen LogP contribution < -0.4 is 5.32 Å². The predicted molar refractivity (Wildman–Crippen MR) is 92.1 cm³/mol. The number of carbonyl (C=O) groups excluding carboxylic acids is 1. The van der Waals surface area contributed by atoms with Gasteiger partial charge in [0, 0.05) is 12.2 Å². The molecular formula is C19H24N2O. The van der Waals surface area contributed by atoms with Gasteiger partial charge in [-0.25, -0.2) is 0 Å². The second-order valence-corrected chi connectivity index (χ2v) is 5.89. The second-order valence-electron chi connectivity index (χ2n) is 5.89. The van der Waals surface area contributed by atoms with E-state index in [-0.39, 0.29) is 5.91 Å². The fourth-order valence-electron chi connectivity index (χ4n) is 2.46. The van der Waals surface area contributed by atoms with Crippen LogP contribution in [-0.2, 0) is 11.3 Å². The van der Waals surface area contributed by atoms with Crippen molar-refractivity contribution in [1.29, 1.82) is 0 Å². The number of hydrogen-bond donors (Lipinski definition) is 1. The van der Waals surface area contributed by atoms with Crippen molar-refractivity contribution in [3.63, 3.8) is 0 Å². The molecule has 0 aliphatic carbocycles. The number of anilines is 1. The standard InChI is InChI=1S/C19H24N2O/c1-14-9-7-11-18(16(14)3)20-19(22)13-21(4)12-17-10-6-5-8-15(17)2/h5-11H,12-13H2,1-4H3,(H,20,22). The number of amides is 1. The van der Waals surface area contributed by atoms with Crippen LogP contribution >= 0.6 is 0 Å². The van der Waals surface area contributed by atoms with Crippen LogP contribution in [0, 0.1) is 20.8 Å². The van der Waals surface area contributed by atoms with Crippen LogP contribution in [0.2, 0.25) is 0 Å². The zero-order valence-electron chi connectivity index (χ0n) is 13.8. The lowest BCUT2D eigenvalue weighted by Crippen LogP contribution is -2.30. The number of rotatable bonds is 5. The van der Waals surface area contributed by atoms with Crippen LogP contribution in [0.4, 0.5) is 5.69 Å². The normalized spacial score (nSPS) is 10.8. The second kappa shape index (κ2) is 7.23. The van der Waals surface area contributed by atoms with E-state index < -0.39 is 0 Å². The summed E-state index contributed by atoms with van der Waals surface area (Å²) in [6.07, 6.45) is 0. The van der Waals surface area contributed by atoms with Crippen molar-refractivity contribution in [2.24, 2.45) is 0 Å². The molecule has 2 rings (SSSR count). The maximum absolute atomic E-state index is 12.2. The summed E-state index contributed by atoms with van der Waals surface area (Å²) in [5.74, 6) is 0.0183. The van der Waals surface area contributed by atoms with Crippen molar-refractivity contribution in [3.05, 3.63) is 64.7 Å². The molecule has 0 aliphatic rings. The largest absolute Gasteiger partial charge is 0.325 e. The minimum Gasteiger partial charge on any atom is -0.325 e. The van der Waals surface area contributed by atoms with Crippen molar-refractivity contribution in [3.8, 4) is 0 Å². The summed E-state index contributed by atoms with van der Waals surface area (Å²) < 4.78 is 0. The van der Waals surface area contributed by atoms with E-state index >= 15 is 0 Å². The summed E-state index contributed by atoms with van der Waals surface area (Å²) in [7, 11) is 1.97. The Bertz CT molecular complexity index is 664. The quantitative estimate of drug-likeness (QED) is 0.913. The van der Waals surface area contributed by atoms with Gasteiger partial charge in [-0.3, -0.25) is 9.69 Å². The summed E-state index contributed by atoms with van der Waals surface area (Å²) in [6, 6.07) is 14.2. The van der Waals surface area contributed by atoms with Gasteiger partial charge < -0.3 is 5.32 Å². The molecule has 0 radical (unpaired) electrons. The van der Waals surface area contributed by atoms with Crippen LogP contribution in [0.3, 0.4) is 0 Å². The molecule has 0 saturated carbocycles. The van der Waals surface area contributed by atoms with Crippen molar-refractivity contribution in [2.75, 3.05) is 18.9 Å². The first-order valence-electron chi connectivity index (χ1n) is 7.56. The fourth-order valence-corrected chi connectivity index (χ4v) is 2.46. The van der Waals surface area contributed by atoms with Crippen LogP contribution in [0.15, 0.2) is 42.5 Å². The number of aryl methyl sites for hydroxylation is 2. The lowest BCUT2D eigenvalue weighted by atomic mass is 10.1. The highest BCUT2D eigenvalue weighted by atomic mass is 16.2. The number of nitrogens with zero attached hydrogens (tertiary/aromatic N) is 1. The summed E-state index contributed by atoms with van der Waals surface area (Å²) in [5, 5.41) is 3.00. The third kappa shape index (κ3) is 4.18. The zero-order valence-corrected chi connectivity index (χ0v) is 13.8. The predicted octanol–water partition coefficient (Wildman–Crippen LogP) is 3.68. The van der Waals surface area contributed by atoms with Crippen LogP contribution in [-0.4, -0.2) is 24.4 Å². The van der Waals surface area contributed by atoms with E-state index in [0.717, 1.165) is 17.8 Å². The molecule has 3 nitrogen and oxygen atoms in total. The Hall–Kier alpha value is -2.13. The maximum Gasteiger partial charge on any atom is 0.238 e. The van der Waals surface area contributed by atoms with Gasteiger partial charge in [-0.2, -0.15) is 0 Å². The first-order chi connectivity index (χ1) is 10.5. The molecule has 0 aliphatic heterocycles. The molecule has 0 heterocycles. The molecule has 0 fully saturated rings. The highest BCUT2D eigenvalue weighted by Gasteiger charge is 2.10. The average molecular weight is 296 g/mol. The molecule has 0 spiro atoms. The Morgan fingerprint density at radius 3 is 2.41 bits per heavy atom. The van der Waals surface area contributed by atoms with E-state index in [0.29, 0.717) is 6.54 Å². The lowest BCUT2D eigenvalue weighted by molar-refractivity contribution is -0.117. The van der Waals surface area contributed by atoms with Crippen molar-refractivity contribution in [1.82, 2.24) is 4.90 Å². The van der Waals surface area contributed by atoms with E-state index in [1.807, 2.05) is 43.1 Å². The SMILES string of the molecule is Cc1ccccc1CN(C)CC(=O)Nc1cccc(C)c1C. The molecule has 0 bridgehead atoms. The molecule has 0 unspecified atom stereocenters. The highest BCUT2D eigenvalue weighted by Crippen LogP contribution is 2.18. The van der Waals surface area contributed by atoms with Crippen LogP contribution in [0.25, 0.3) is 0 Å². The van der Waals surface area contributed by atoms with Crippen LogP contribution in [0.1, 0.15) is 22.3 Å². The van der Waals surface area contributed by atoms with Crippen LogP contribution in [0.5, 0.6) is 0 Å². The molecule has 116 valence electrons. The average Bonchev–Trinajstić information content (AvgIpc) is 2.46. The molecule has 22 heavy (non-hydrogen) atoms. The molecular weight excluding hydrogens is 272 g/mol. The monoisotopic (exact) mass is 296 g/mol. The van der Waals surface area contributed by atoms with Crippen molar-refractivity contribution < 1.29 is 4.79 Å². The van der Waals surface area contributed by atoms with Gasteiger partial charge in [0.05, 0.1) is 6.54 Å². The van der Waals surface area contributed by atoms with Gasteiger partial charge in [0.15, 0.2) is 0 Å². The van der Waals surface area contributed by atoms with E-state index in [9.17, 15) is 4.79 Å². The Labute approximate surface area is 133 Å². The van der Waals surface area contributed by atoms with Gasteiger partial charge in [-0.1, -0.05) is 36.4 Å². The number of carbonyl (C=O) groups is 1. The summed E-state index contributed by atoms with van der Waals surface area (Å²) in [5.41, 5.74) is 5.71. The molecule has 0 saturated heterocycles. The number of nitrogens with one attached hydrogen (secondary N) is 1. The van der Waals surface area contributed by atoms with Crippen molar-refractivity contribution in [2.45, 2.75) is 27.3 Å². The van der Waals surface area contributed by atoms with Gasteiger partial charge in [0.2, 0.25) is 5.91 Å². The van der Waals surface area contributed by atoms with Gasteiger partial charge in [0.25, 0.3) is 0 Å². The van der Waals surface area contributed by atoms with Gasteiger partial charge in [-0.15, -0.1) is 0 Å². The summed E-state index contributed by atoms with van der Waals surface area (Å²) >= 11 is 0. The molecule has 3 heteroatoms. The molecule has 1 N–H and O–H groups in total. The topological polar surface area (TPSA) is 32.3 Å². The van der Waals surface area contributed by atoms with Gasteiger partial charge >= 0.3 is 0 Å². The third-order valence-corrected chi connectivity index (χ3v) is 3.99. The number of benzene rings is 2. The van der Waals surface area contributed by atoms with Gasteiger partial charge in [-0.05, 0) is 56.1 Å². The zero-order chi connectivity index (χ0) is 16.1. The summed E-state index contributed by atoms with van der Waals surface area (Å²) in [6.45, 7) is 7.32. The first kappa shape index (κ1) is 16.2. The molecule has 0 atom stereocenters. The van der Waals surface area contributed by atoms with E-state index in [4.69, 9.17) is 0 Å². The summed E-state index contributed by atoms with van der Waals surface area (Å²) in [4.78, 5) is 14.2. The first-order valence-corrected chi connectivity index (χ1v) is 7.56. The Morgan fingerprint density at radius 2 is 1.68 bits per heavy atom. The Balaban J connectivity index is 1.94. The smallest absolute Gasteiger partial charge is 0.238 e. The van der Waals surface area contributed by atoms with Gasteiger partial charge in [0.1, 0.15) is 0 Å². The number of hydrogen-bond acceptors (Lipinski definition) is 2. The Morgan fingerprint density at radius 1 is 1.00 bits per heavy atom. The van der Waals surface area contributed by atoms with E-state index in [1.54, 1.807) is 0 Å². The minimum absolute atomic E-state index is 0.0183. The molecule has 2 aromatic carbocycles.